The summed E-state index contributed by atoms with van der Waals surface area (Å²) in [6.07, 6.45) is 1.29. The Balaban J connectivity index is 2.10. The summed E-state index contributed by atoms with van der Waals surface area (Å²) >= 11 is 1.80. The summed E-state index contributed by atoms with van der Waals surface area (Å²) in [6.45, 7) is 0. The summed E-state index contributed by atoms with van der Waals surface area (Å²) in [4.78, 5) is 2.90. The predicted octanol–water partition coefficient (Wildman–Crippen LogP) is 1.40. The molecule has 1 saturated heterocycles. The number of aliphatic hydroxyl groups is 2. The Kier molecular flexibility index (Phi) is 1.99. The van der Waals surface area contributed by atoms with Crippen molar-refractivity contribution in [2.24, 2.45) is 0 Å². The molecule has 80 valence electrons. The van der Waals surface area contributed by atoms with Gasteiger partial charge < -0.3 is 15.1 Å². The third kappa shape index (κ3) is 1.36. The third-order valence-corrected chi connectivity index (χ3v) is 4.33. The molecule has 1 fully saturated rings. The van der Waals surface area contributed by atoms with Gasteiger partial charge in [0.05, 0.1) is 5.69 Å². The number of hydrogen-bond donors (Lipinski definition) is 2. The quantitative estimate of drug-likeness (QED) is 0.652. The van der Waals surface area contributed by atoms with E-state index >= 15 is 0 Å². The normalized spacial score (nSPS) is 27.3. The van der Waals surface area contributed by atoms with Crippen LogP contribution in [0, 0.1) is 0 Å². The molecule has 15 heavy (non-hydrogen) atoms. The Bertz CT molecular complexity index is 394. The van der Waals surface area contributed by atoms with Gasteiger partial charge in [-0.1, -0.05) is 12.1 Å². The van der Waals surface area contributed by atoms with Crippen molar-refractivity contribution in [2.45, 2.75) is 29.7 Å². The molecule has 0 aromatic heterocycles. The van der Waals surface area contributed by atoms with Crippen LogP contribution in [0.4, 0.5) is 5.69 Å². The molecule has 3 rings (SSSR count). The second-order valence-corrected chi connectivity index (χ2v) is 5.18. The van der Waals surface area contributed by atoms with Gasteiger partial charge in [0.1, 0.15) is 0 Å². The number of anilines is 1. The van der Waals surface area contributed by atoms with Crippen molar-refractivity contribution in [3.05, 3.63) is 24.3 Å². The van der Waals surface area contributed by atoms with Gasteiger partial charge in [-0.25, -0.2) is 0 Å². The van der Waals surface area contributed by atoms with Crippen molar-refractivity contribution >= 4 is 17.4 Å². The van der Waals surface area contributed by atoms with Gasteiger partial charge in [0.25, 0.3) is 0 Å². The van der Waals surface area contributed by atoms with E-state index < -0.39 is 5.91 Å². The molecule has 1 aromatic carbocycles. The lowest BCUT2D eigenvalue weighted by atomic mass is 10.2. The fraction of sp³-hybridized carbons (Fsp3) is 0.455. The molecule has 2 heterocycles. The van der Waals surface area contributed by atoms with E-state index in [0.29, 0.717) is 6.42 Å². The van der Waals surface area contributed by atoms with Gasteiger partial charge in [0.2, 0.25) is 5.91 Å². The van der Waals surface area contributed by atoms with Crippen molar-refractivity contribution in [3.8, 4) is 0 Å². The fourth-order valence-corrected chi connectivity index (χ4v) is 3.59. The number of fused-ring (bicyclic) bond motifs is 3. The third-order valence-electron chi connectivity index (χ3n) is 3.12. The van der Waals surface area contributed by atoms with E-state index in [1.807, 2.05) is 24.3 Å². The first-order chi connectivity index (χ1) is 7.18. The van der Waals surface area contributed by atoms with Crippen LogP contribution in [0.25, 0.3) is 0 Å². The van der Waals surface area contributed by atoms with Gasteiger partial charge in [0, 0.05) is 23.1 Å². The summed E-state index contributed by atoms with van der Waals surface area (Å²) in [5.74, 6) is -0.707. The standard InChI is InChI=1S/C11H13NO2S/c13-11(14)6-5-8-7-15-10-4-2-1-3-9(10)12(8)11/h1-4,8,13-14H,5-7H2. The molecule has 1 unspecified atom stereocenters. The Morgan fingerprint density at radius 3 is 3.00 bits per heavy atom. The van der Waals surface area contributed by atoms with E-state index in [1.54, 1.807) is 16.7 Å². The molecule has 4 heteroatoms. The second-order valence-electron chi connectivity index (χ2n) is 4.12. The predicted molar refractivity (Wildman–Crippen MR) is 59.8 cm³/mol. The first-order valence-electron chi connectivity index (χ1n) is 5.14. The molecule has 1 aromatic rings. The Morgan fingerprint density at radius 1 is 1.33 bits per heavy atom. The maximum atomic E-state index is 9.91. The van der Waals surface area contributed by atoms with Gasteiger partial charge >= 0.3 is 0 Å². The summed E-state index contributed by atoms with van der Waals surface area (Å²) in [5, 5.41) is 19.8. The maximum Gasteiger partial charge on any atom is 0.247 e. The molecule has 0 aliphatic carbocycles. The zero-order valence-electron chi connectivity index (χ0n) is 8.26. The average molecular weight is 223 g/mol. The molecule has 0 amide bonds. The van der Waals surface area contributed by atoms with Gasteiger partial charge in [-0.2, -0.15) is 0 Å². The lowest BCUT2D eigenvalue weighted by Gasteiger charge is -2.38. The van der Waals surface area contributed by atoms with E-state index in [0.717, 1.165) is 22.8 Å². The van der Waals surface area contributed by atoms with Crippen LogP contribution in [0.2, 0.25) is 0 Å². The van der Waals surface area contributed by atoms with Crippen LogP contribution in [-0.2, 0) is 0 Å². The van der Waals surface area contributed by atoms with E-state index in [1.165, 1.54) is 0 Å². The molecule has 0 saturated carbocycles. The Labute approximate surface area is 92.7 Å². The first kappa shape index (κ1) is 9.51. The minimum absolute atomic E-state index is 0.264. The van der Waals surface area contributed by atoms with Crippen molar-refractivity contribution in [2.75, 3.05) is 10.7 Å². The van der Waals surface area contributed by atoms with E-state index in [-0.39, 0.29) is 6.04 Å². The summed E-state index contributed by atoms with van der Waals surface area (Å²) < 4.78 is 0. The Hall–Kier alpha value is -0.710. The minimum atomic E-state index is -1.65. The molecule has 2 aliphatic rings. The molecule has 0 radical (unpaired) electrons. The zero-order chi connectivity index (χ0) is 10.5. The highest BCUT2D eigenvalue weighted by Crippen LogP contribution is 2.45. The number of benzene rings is 1. The van der Waals surface area contributed by atoms with Gasteiger partial charge in [-0.05, 0) is 18.6 Å². The minimum Gasteiger partial charge on any atom is -0.349 e. The highest BCUT2D eigenvalue weighted by Gasteiger charge is 2.46. The molecule has 0 bridgehead atoms. The summed E-state index contributed by atoms with van der Waals surface area (Å²) in [7, 11) is 0. The smallest absolute Gasteiger partial charge is 0.247 e. The van der Waals surface area contributed by atoms with Crippen molar-refractivity contribution in [3.63, 3.8) is 0 Å². The molecule has 2 aliphatic heterocycles. The zero-order valence-corrected chi connectivity index (χ0v) is 9.07. The number of para-hydroxylation sites is 1. The van der Waals surface area contributed by atoms with Gasteiger partial charge in [0.15, 0.2) is 0 Å². The van der Waals surface area contributed by atoms with Crippen LogP contribution in [0.1, 0.15) is 12.8 Å². The van der Waals surface area contributed by atoms with Crippen LogP contribution < -0.4 is 4.90 Å². The van der Waals surface area contributed by atoms with E-state index in [2.05, 4.69) is 0 Å². The number of hydrogen-bond acceptors (Lipinski definition) is 4. The highest BCUT2D eigenvalue weighted by atomic mass is 32.2. The lowest BCUT2D eigenvalue weighted by molar-refractivity contribution is -0.151. The maximum absolute atomic E-state index is 9.91. The molecule has 0 spiro atoms. The highest BCUT2D eigenvalue weighted by molar-refractivity contribution is 7.99. The summed E-state index contributed by atoms with van der Waals surface area (Å²) in [6, 6.07) is 8.18. The van der Waals surface area contributed by atoms with Gasteiger partial charge in [-0.15, -0.1) is 11.8 Å². The average Bonchev–Trinajstić information content (AvgIpc) is 2.55. The van der Waals surface area contributed by atoms with Gasteiger partial charge in [-0.3, -0.25) is 0 Å². The molecular formula is C11H13NO2S. The SMILES string of the molecule is OC1(O)CCC2CSc3ccccc3N21. The monoisotopic (exact) mass is 223 g/mol. The fourth-order valence-electron chi connectivity index (χ4n) is 2.41. The van der Waals surface area contributed by atoms with Crippen molar-refractivity contribution < 1.29 is 10.2 Å². The molecule has 1 atom stereocenters. The topological polar surface area (TPSA) is 43.7 Å². The van der Waals surface area contributed by atoms with Crippen LogP contribution >= 0.6 is 11.8 Å². The second kappa shape index (κ2) is 3.14. The Morgan fingerprint density at radius 2 is 2.13 bits per heavy atom. The molecule has 2 N–H and O–H groups in total. The number of thioether (sulfide) groups is 1. The molecular weight excluding hydrogens is 210 g/mol. The largest absolute Gasteiger partial charge is 0.349 e. The van der Waals surface area contributed by atoms with E-state index in [9.17, 15) is 10.2 Å². The van der Waals surface area contributed by atoms with Crippen molar-refractivity contribution in [1.29, 1.82) is 0 Å². The van der Waals surface area contributed by atoms with Crippen LogP contribution in [-0.4, -0.2) is 27.9 Å². The van der Waals surface area contributed by atoms with Crippen LogP contribution in [0.3, 0.4) is 0 Å². The number of nitrogens with zero attached hydrogens (tertiary/aromatic N) is 1. The van der Waals surface area contributed by atoms with Crippen LogP contribution in [0.15, 0.2) is 29.2 Å². The number of rotatable bonds is 0. The van der Waals surface area contributed by atoms with Crippen molar-refractivity contribution in [1.82, 2.24) is 0 Å². The lowest BCUT2D eigenvalue weighted by Crippen LogP contribution is -2.49. The first-order valence-corrected chi connectivity index (χ1v) is 6.13. The van der Waals surface area contributed by atoms with Crippen LogP contribution in [0.5, 0.6) is 0 Å². The van der Waals surface area contributed by atoms with E-state index in [4.69, 9.17) is 0 Å². The molecule has 3 nitrogen and oxygen atoms in total. The summed E-state index contributed by atoms with van der Waals surface area (Å²) in [5.41, 5.74) is 0.959.